The third-order valence-electron chi connectivity index (χ3n) is 0.929. The van der Waals surface area contributed by atoms with E-state index in [1.54, 1.807) is 0 Å². The zero-order valence-corrected chi connectivity index (χ0v) is 7.64. The van der Waals surface area contributed by atoms with Gasteiger partial charge >= 0.3 is 0 Å². The first-order valence-corrected chi connectivity index (χ1v) is 3.83. The molecule has 1 heterocycles. The van der Waals surface area contributed by atoms with E-state index < -0.39 is 3.92 Å². The number of rotatable bonds is 0. The van der Waals surface area contributed by atoms with Gasteiger partial charge in [-0.2, -0.15) is 0 Å². The highest BCUT2D eigenvalue weighted by Crippen LogP contribution is 2.32. The second-order valence-electron chi connectivity index (χ2n) is 1.59. The highest BCUT2D eigenvalue weighted by Gasteiger charge is 2.33. The SMILES string of the molecule is ClC1=NNCN1C(Cl)(Cl)Cl. The van der Waals surface area contributed by atoms with Crippen molar-refractivity contribution in [1.82, 2.24) is 10.3 Å². The molecule has 0 aromatic heterocycles. The Kier molecular flexibility index (Phi) is 2.40. The average Bonchev–Trinajstić information content (AvgIpc) is 2.11. The van der Waals surface area contributed by atoms with Crippen molar-refractivity contribution < 1.29 is 0 Å². The molecule has 0 aromatic rings. The summed E-state index contributed by atoms with van der Waals surface area (Å²) in [7, 11) is 0. The Morgan fingerprint density at radius 3 is 2.30 bits per heavy atom. The van der Waals surface area contributed by atoms with Crippen LogP contribution in [0.2, 0.25) is 0 Å². The molecule has 0 spiro atoms. The normalized spacial score (nSPS) is 18.8. The van der Waals surface area contributed by atoms with Crippen molar-refractivity contribution in [3.8, 4) is 0 Å². The first-order chi connectivity index (χ1) is 4.52. The van der Waals surface area contributed by atoms with Crippen molar-refractivity contribution >= 4 is 51.7 Å². The fraction of sp³-hybridized carbons (Fsp3) is 0.667. The summed E-state index contributed by atoms with van der Waals surface area (Å²) < 4.78 is -1.52. The Bertz CT molecular complexity index is 162. The van der Waals surface area contributed by atoms with Crippen LogP contribution < -0.4 is 5.43 Å². The van der Waals surface area contributed by atoms with Crippen molar-refractivity contribution in [2.75, 3.05) is 6.67 Å². The third-order valence-corrected chi connectivity index (χ3v) is 1.83. The van der Waals surface area contributed by atoms with E-state index in [0.29, 0.717) is 6.67 Å². The Balaban J connectivity index is 2.67. The van der Waals surface area contributed by atoms with E-state index >= 15 is 0 Å². The zero-order valence-electron chi connectivity index (χ0n) is 4.61. The number of amidine groups is 1. The standard InChI is InChI=1S/C3H3Cl4N3/c4-2-9-8-1-10(2)3(5,6)7/h8H,1H2. The summed E-state index contributed by atoms with van der Waals surface area (Å²) in [6.07, 6.45) is 0. The minimum absolute atomic E-state index is 0.153. The van der Waals surface area contributed by atoms with E-state index in [9.17, 15) is 0 Å². The summed E-state index contributed by atoms with van der Waals surface area (Å²) in [6, 6.07) is 0. The van der Waals surface area contributed by atoms with Crippen LogP contribution in [0.3, 0.4) is 0 Å². The molecule has 0 aromatic carbocycles. The van der Waals surface area contributed by atoms with E-state index in [1.807, 2.05) is 0 Å². The van der Waals surface area contributed by atoms with Gasteiger partial charge in [-0.25, -0.2) is 0 Å². The van der Waals surface area contributed by atoms with Crippen molar-refractivity contribution in [1.29, 1.82) is 0 Å². The molecule has 58 valence electrons. The van der Waals surface area contributed by atoms with Gasteiger partial charge < -0.3 is 0 Å². The molecule has 0 bridgehead atoms. The minimum atomic E-state index is -1.52. The molecule has 0 unspecified atom stereocenters. The number of hydrazone groups is 1. The van der Waals surface area contributed by atoms with Gasteiger partial charge in [-0.3, -0.25) is 10.3 Å². The lowest BCUT2D eigenvalue weighted by atomic mass is 10.9. The number of alkyl halides is 3. The number of nitrogens with one attached hydrogen (secondary N) is 1. The number of nitrogens with zero attached hydrogens (tertiary/aromatic N) is 2. The second kappa shape index (κ2) is 2.81. The van der Waals surface area contributed by atoms with Crippen LogP contribution in [0.15, 0.2) is 5.10 Å². The molecular formula is C3H3Cl4N3. The van der Waals surface area contributed by atoms with Crippen molar-refractivity contribution in [2.24, 2.45) is 5.10 Å². The van der Waals surface area contributed by atoms with Crippen molar-refractivity contribution in [3.05, 3.63) is 0 Å². The Hall–Kier alpha value is 0.430. The van der Waals surface area contributed by atoms with E-state index in [0.717, 1.165) is 0 Å². The summed E-state index contributed by atoms with van der Waals surface area (Å²) in [4.78, 5) is 1.29. The molecule has 0 amide bonds. The highest BCUT2D eigenvalue weighted by atomic mass is 35.6. The van der Waals surface area contributed by atoms with Crippen LogP contribution in [-0.2, 0) is 0 Å². The van der Waals surface area contributed by atoms with Crippen LogP contribution in [-0.4, -0.2) is 20.8 Å². The van der Waals surface area contributed by atoms with Crippen molar-refractivity contribution in [3.63, 3.8) is 0 Å². The Morgan fingerprint density at radius 2 is 2.10 bits per heavy atom. The number of halogens is 4. The molecule has 1 N–H and O–H groups in total. The summed E-state index contributed by atoms with van der Waals surface area (Å²) in [5.41, 5.74) is 2.56. The molecule has 0 saturated heterocycles. The summed E-state index contributed by atoms with van der Waals surface area (Å²) >= 11 is 22.0. The molecular weight excluding hydrogens is 220 g/mol. The van der Waals surface area contributed by atoms with Gasteiger partial charge in [0, 0.05) is 0 Å². The smallest absolute Gasteiger partial charge is 0.271 e. The maximum Gasteiger partial charge on any atom is 0.271 e. The lowest BCUT2D eigenvalue weighted by molar-refractivity contribution is 0.437. The Labute approximate surface area is 77.9 Å². The topological polar surface area (TPSA) is 27.6 Å². The van der Waals surface area contributed by atoms with Crippen LogP contribution in [0.25, 0.3) is 0 Å². The first kappa shape index (κ1) is 8.53. The zero-order chi connectivity index (χ0) is 7.78. The number of hydrogen-bond acceptors (Lipinski definition) is 3. The molecule has 1 aliphatic rings. The monoisotopic (exact) mass is 221 g/mol. The van der Waals surface area contributed by atoms with Crippen LogP contribution >= 0.6 is 46.4 Å². The predicted molar refractivity (Wildman–Crippen MR) is 43.4 cm³/mol. The number of hydrogen-bond donors (Lipinski definition) is 1. The molecule has 0 aliphatic carbocycles. The molecule has 1 aliphatic heterocycles. The van der Waals surface area contributed by atoms with E-state index in [-0.39, 0.29) is 5.29 Å². The maximum atomic E-state index is 5.52. The second-order valence-corrected chi connectivity index (χ2v) is 4.15. The molecule has 10 heavy (non-hydrogen) atoms. The van der Waals surface area contributed by atoms with Gasteiger partial charge in [-0.15, -0.1) is 5.10 Å². The van der Waals surface area contributed by atoms with Gasteiger partial charge in [0.05, 0.1) is 0 Å². The Morgan fingerprint density at radius 1 is 1.50 bits per heavy atom. The largest absolute Gasteiger partial charge is 0.287 e. The van der Waals surface area contributed by atoms with Gasteiger partial charge in [0.1, 0.15) is 6.67 Å². The molecule has 7 heteroatoms. The van der Waals surface area contributed by atoms with E-state index in [2.05, 4.69) is 10.5 Å². The fourth-order valence-electron chi connectivity index (χ4n) is 0.491. The van der Waals surface area contributed by atoms with Crippen molar-refractivity contribution in [2.45, 2.75) is 3.92 Å². The summed E-state index contributed by atoms with van der Waals surface area (Å²) in [6.45, 7) is 0.315. The van der Waals surface area contributed by atoms with Gasteiger partial charge in [-0.05, 0) is 11.6 Å². The van der Waals surface area contributed by atoms with Crippen LogP contribution in [0.1, 0.15) is 0 Å². The molecule has 0 atom stereocenters. The fourth-order valence-corrected chi connectivity index (χ4v) is 1.29. The third kappa shape index (κ3) is 1.72. The van der Waals surface area contributed by atoms with E-state index in [4.69, 9.17) is 46.4 Å². The van der Waals surface area contributed by atoms with Crippen LogP contribution in [0, 0.1) is 0 Å². The molecule has 0 fully saturated rings. The molecule has 3 nitrogen and oxygen atoms in total. The quantitative estimate of drug-likeness (QED) is 0.499. The maximum absolute atomic E-state index is 5.52. The minimum Gasteiger partial charge on any atom is -0.287 e. The first-order valence-electron chi connectivity index (χ1n) is 2.32. The van der Waals surface area contributed by atoms with Gasteiger partial charge in [0.2, 0.25) is 5.29 Å². The summed E-state index contributed by atoms with van der Waals surface area (Å²) in [5.74, 6) is 0. The summed E-state index contributed by atoms with van der Waals surface area (Å²) in [5, 5.41) is 3.74. The van der Waals surface area contributed by atoms with Gasteiger partial charge in [0.25, 0.3) is 3.92 Å². The lowest BCUT2D eigenvalue weighted by Gasteiger charge is -2.23. The van der Waals surface area contributed by atoms with Crippen LogP contribution in [0.4, 0.5) is 0 Å². The lowest BCUT2D eigenvalue weighted by Crippen LogP contribution is -2.37. The highest BCUT2D eigenvalue weighted by molar-refractivity contribution is 6.71. The molecule has 0 radical (unpaired) electrons. The molecule has 1 rings (SSSR count). The van der Waals surface area contributed by atoms with Gasteiger partial charge in [0.15, 0.2) is 0 Å². The average molecular weight is 223 g/mol. The van der Waals surface area contributed by atoms with E-state index in [1.165, 1.54) is 4.90 Å². The molecule has 0 saturated carbocycles. The van der Waals surface area contributed by atoms with Gasteiger partial charge in [-0.1, -0.05) is 34.8 Å². The van der Waals surface area contributed by atoms with Crippen LogP contribution in [0.5, 0.6) is 0 Å². The predicted octanol–water partition coefficient (Wildman–Crippen LogP) is 1.69.